The lowest BCUT2D eigenvalue weighted by Gasteiger charge is -2.14. The van der Waals surface area contributed by atoms with Gasteiger partial charge in [-0.1, -0.05) is 23.3 Å². The number of halogens is 2. The normalized spacial score (nSPS) is 11.0. The molecule has 134 valence electrons. The summed E-state index contributed by atoms with van der Waals surface area (Å²) in [5.41, 5.74) is 6.71. The molecule has 1 heterocycles. The number of hydrogen-bond donors (Lipinski definition) is 1. The molecule has 0 aliphatic carbocycles. The van der Waals surface area contributed by atoms with Gasteiger partial charge in [-0.15, -0.1) is 5.10 Å². The number of hydrogen-bond acceptors (Lipinski definition) is 6. The SMILES string of the molecule is COc1cc(/C=C/c2nnc(N)o2)cc(I)c1OCc1ccccc1F. The largest absolute Gasteiger partial charge is 0.493 e. The lowest BCUT2D eigenvalue weighted by molar-refractivity contribution is 0.277. The fraction of sp³-hybridized carbons (Fsp3) is 0.111. The average Bonchev–Trinajstić information content (AvgIpc) is 3.05. The standard InChI is InChI=1S/C18H15FIN3O3/c1-24-15-9-11(6-7-16-22-23-18(21)26-16)8-14(20)17(15)25-10-12-4-2-3-5-13(12)19/h2-9H,10H2,1H3,(H2,21,23)/b7-6+. The van der Waals surface area contributed by atoms with E-state index in [-0.39, 0.29) is 18.4 Å². The fourth-order valence-electron chi connectivity index (χ4n) is 2.22. The van der Waals surface area contributed by atoms with Crippen LogP contribution in [0.5, 0.6) is 11.5 Å². The third-order valence-corrected chi connectivity index (χ3v) is 4.26. The van der Waals surface area contributed by atoms with Crippen LogP contribution in [0.3, 0.4) is 0 Å². The molecule has 0 aliphatic rings. The van der Waals surface area contributed by atoms with E-state index in [0.29, 0.717) is 23.0 Å². The van der Waals surface area contributed by atoms with E-state index in [9.17, 15) is 4.39 Å². The Kier molecular flexibility index (Phi) is 5.71. The second-order valence-corrected chi connectivity index (χ2v) is 6.39. The molecule has 3 aromatic rings. The van der Waals surface area contributed by atoms with Gasteiger partial charge < -0.3 is 19.6 Å². The van der Waals surface area contributed by atoms with Crippen molar-refractivity contribution in [2.45, 2.75) is 6.61 Å². The minimum Gasteiger partial charge on any atom is -0.493 e. The third kappa shape index (κ3) is 4.31. The molecule has 2 aromatic carbocycles. The minimum atomic E-state index is -0.306. The van der Waals surface area contributed by atoms with Gasteiger partial charge in [0.1, 0.15) is 12.4 Å². The van der Waals surface area contributed by atoms with Crippen LogP contribution in [0.1, 0.15) is 17.0 Å². The molecule has 2 N–H and O–H groups in total. The highest BCUT2D eigenvalue weighted by atomic mass is 127. The number of nitrogens with zero attached hydrogens (tertiary/aromatic N) is 2. The molecule has 0 radical (unpaired) electrons. The van der Waals surface area contributed by atoms with Crippen molar-refractivity contribution in [3.05, 3.63) is 62.8 Å². The van der Waals surface area contributed by atoms with Crippen molar-refractivity contribution in [1.82, 2.24) is 10.2 Å². The van der Waals surface area contributed by atoms with E-state index in [0.717, 1.165) is 9.13 Å². The molecule has 6 nitrogen and oxygen atoms in total. The molecule has 0 bridgehead atoms. The summed E-state index contributed by atoms with van der Waals surface area (Å²) in [6, 6.07) is 10.2. The van der Waals surface area contributed by atoms with Crippen LogP contribution >= 0.6 is 22.6 Å². The third-order valence-electron chi connectivity index (χ3n) is 3.46. The van der Waals surface area contributed by atoms with Crippen molar-refractivity contribution < 1.29 is 18.3 Å². The maximum Gasteiger partial charge on any atom is 0.313 e. The van der Waals surface area contributed by atoms with Gasteiger partial charge in [0.05, 0.1) is 10.7 Å². The van der Waals surface area contributed by atoms with E-state index in [1.807, 2.05) is 6.07 Å². The first-order valence-electron chi connectivity index (χ1n) is 7.57. The van der Waals surface area contributed by atoms with Gasteiger partial charge in [-0.3, -0.25) is 0 Å². The molecule has 3 rings (SSSR count). The molecule has 8 heteroatoms. The van der Waals surface area contributed by atoms with Crippen molar-refractivity contribution >= 4 is 40.8 Å². The van der Waals surface area contributed by atoms with Gasteiger partial charge in [0.25, 0.3) is 0 Å². The number of anilines is 1. The fourth-order valence-corrected chi connectivity index (χ4v) is 3.00. The lowest BCUT2D eigenvalue weighted by atomic mass is 10.2. The van der Waals surface area contributed by atoms with Crippen molar-refractivity contribution in [3.63, 3.8) is 0 Å². The quantitative estimate of drug-likeness (QED) is 0.549. The topological polar surface area (TPSA) is 83.4 Å². The highest BCUT2D eigenvalue weighted by Gasteiger charge is 2.12. The number of benzene rings is 2. The molecule has 0 aliphatic heterocycles. The first-order chi connectivity index (χ1) is 12.6. The number of nitrogens with two attached hydrogens (primary N) is 1. The Bertz CT molecular complexity index is 943. The van der Waals surface area contributed by atoms with Crippen molar-refractivity contribution in [2.24, 2.45) is 0 Å². The van der Waals surface area contributed by atoms with Crippen molar-refractivity contribution in [1.29, 1.82) is 0 Å². The van der Waals surface area contributed by atoms with E-state index in [2.05, 4.69) is 32.8 Å². The molecule has 0 saturated carbocycles. The van der Waals surface area contributed by atoms with Gasteiger partial charge in [-0.25, -0.2) is 4.39 Å². The zero-order valence-corrected chi connectivity index (χ0v) is 15.9. The van der Waals surface area contributed by atoms with E-state index in [1.54, 1.807) is 43.5 Å². The Labute approximate surface area is 163 Å². The molecule has 0 unspecified atom stereocenters. The van der Waals surface area contributed by atoms with Crippen LogP contribution < -0.4 is 15.2 Å². The summed E-state index contributed by atoms with van der Waals surface area (Å²) in [4.78, 5) is 0. The molecular formula is C18H15FIN3O3. The van der Waals surface area contributed by atoms with E-state index in [1.165, 1.54) is 6.07 Å². The monoisotopic (exact) mass is 467 g/mol. The second kappa shape index (κ2) is 8.17. The van der Waals surface area contributed by atoms with Gasteiger partial charge in [0.2, 0.25) is 5.89 Å². The van der Waals surface area contributed by atoms with E-state index in [4.69, 9.17) is 19.6 Å². The zero-order valence-electron chi connectivity index (χ0n) is 13.8. The predicted octanol–water partition coefficient (Wildman–Crippen LogP) is 4.15. The van der Waals surface area contributed by atoms with E-state index < -0.39 is 0 Å². The Morgan fingerprint density at radius 2 is 2.04 bits per heavy atom. The number of methoxy groups -OCH3 is 1. The predicted molar refractivity (Wildman–Crippen MR) is 104 cm³/mol. The van der Waals surface area contributed by atoms with Crippen LogP contribution in [-0.4, -0.2) is 17.3 Å². The maximum absolute atomic E-state index is 13.8. The number of rotatable bonds is 6. The van der Waals surface area contributed by atoms with Gasteiger partial charge in [-0.05, 0) is 52.4 Å². The molecule has 0 fully saturated rings. The van der Waals surface area contributed by atoms with Gasteiger partial charge >= 0.3 is 6.01 Å². The molecule has 0 amide bonds. The number of ether oxygens (including phenoxy) is 2. The summed E-state index contributed by atoms with van der Waals surface area (Å²) >= 11 is 2.14. The molecule has 0 atom stereocenters. The van der Waals surface area contributed by atoms with Crippen LogP contribution in [0.25, 0.3) is 12.2 Å². The highest BCUT2D eigenvalue weighted by molar-refractivity contribution is 14.1. The van der Waals surface area contributed by atoms with Crippen LogP contribution in [0, 0.1) is 9.39 Å². The summed E-state index contributed by atoms with van der Waals surface area (Å²) in [6.45, 7) is 0.107. The maximum atomic E-state index is 13.8. The first-order valence-corrected chi connectivity index (χ1v) is 8.65. The van der Waals surface area contributed by atoms with Crippen LogP contribution in [0.15, 0.2) is 40.8 Å². The number of nitrogen functional groups attached to an aromatic ring is 1. The Morgan fingerprint density at radius 3 is 2.73 bits per heavy atom. The number of aromatic nitrogens is 2. The summed E-state index contributed by atoms with van der Waals surface area (Å²) in [6.07, 6.45) is 3.44. The summed E-state index contributed by atoms with van der Waals surface area (Å²) in [5, 5.41) is 7.35. The van der Waals surface area contributed by atoms with Gasteiger partial charge in [0, 0.05) is 11.6 Å². The molecule has 26 heavy (non-hydrogen) atoms. The summed E-state index contributed by atoms with van der Waals surface area (Å²) < 4.78 is 30.9. The Morgan fingerprint density at radius 1 is 1.23 bits per heavy atom. The average molecular weight is 467 g/mol. The molecule has 0 spiro atoms. The Hall–Kier alpha value is -2.62. The van der Waals surface area contributed by atoms with Crippen molar-refractivity contribution in [3.8, 4) is 11.5 Å². The molecular weight excluding hydrogens is 452 g/mol. The van der Waals surface area contributed by atoms with Crippen LogP contribution in [0.2, 0.25) is 0 Å². The highest BCUT2D eigenvalue weighted by Crippen LogP contribution is 2.35. The smallest absolute Gasteiger partial charge is 0.313 e. The van der Waals surface area contributed by atoms with E-state index >= 15 is 0 Å². The molecule has 0 saturated heterocycles. The van der Waals surface area contributed by atoms with Crippen molar-refractivity contribution in [2.75, 3.05) is 12.8 Å². The minimum absolute atomic E-state index is 0.00806. The zero-order chi connectivity index (χ0) is 18.5. The summed E-state index contributed by atoms with van der Waals surface area (Å²) in [7, 11) is 1.55. The molecule has 1 aromatic heterocycles. The van der Waals surface area contributed by atoms with Gasteiger partial charge in [-0.2, -0.15) is 0 Å². The lowest BCUT2D eigenvalue weighted by Crippen LogP contribution is -2.01. The second-order valence-electron chi connectivity index (χ2n) is 5.23. The summed E-state index contributed by atoms with van der Waals surface area (Å²) in [5.74, 6) is 1.09. The van der Waals surface area contributed by atoms with Crippen LogP contribution in [0.4, 0.5) is 10.4 Å². The van der Waals surface area contributed by atoms with Gasteiger partial charge in [0.15, 0.2) is 11.5 Å². The van der Waals surface area contributed by atoms with Crippen LogP contribution in [-0.2, 0) is 6.61 Å². The Balaban J connectivity index is 1.81. The first kappa shape index (κ1) is 18.2.